The lowest BCUT2D eigenvalue weighted by Gasteiger charge is -2.37. The summed E-state index contributed by atoms with van der Waals surface area (Å²) >= 11 is 0. The van der Waals surface area contributed by atoms with Gasteiger partial charge in [0.15, 0.2) is 0 Å². The average Bonchev–Trinajstić information content (AvgIpc) is 2.67. The van der Waals surface area contributed by atoms with E-state index < -0.39 is 9.85 Å². The third kappa shape index (κ3) is 3.07. The summed E-state index contributed by atoms with van der Waals surface area (Å²) in [6, 6.07) is 9.63. The molecule has 27 heavy (non-hydrogen) atoms. The standard InChI is InChI=1S/C18H17N5O4/c24-22(25)13-6-7-16(17(11-13)23(26)27)20-19-15-8-10-21-9-2-4-12-3-1-5-14(15)18(12)21/h1,3,5-7,11,20H,2,4,8-10H2/b19-15+. The molecule has 0 fully saturated rings. The molecule has 0 aliphatic carbocycles. The second-order valence-corrected chi connectivity index (χ2v) is 6.54. The highest BCUT2D eigenvalue weighted by atomic mass is 16.6. The van der Waals surface area contributed by atoms with E-state index >= 15 is 0 Å². The van der Waals surface area contributed by atoms with Gasteiger partial charge >= 0.3 is 5.69 Å². The molecule has 2 aliphatic rings. The molecule has 2 aliphatic heterocycles. The van der Waals surface area contributed by atoms with E-state index in [0.717, 1.165) is 49.7 Å². The van der Waals surface area contributed by atoms with E-state index in [0.29, 0.717) is 0 Å². The van der Waals surface area contributed by atoms with Crippen molar-refractivity contribution in [3.05, 3.63) is 67.8 Å². The molecule has 1 N–H and O–H groups in total. The minimum Gasteiger partial charge on any atom is -0.370 e. The summed E-state index contributed by atoms with van der Waals surface area (Å²) in [6.45, 7) is 1.88. The summed E-state index contributed by atoms with van der Waals surface area (Å²) in [5.74, 6) is 0. The highest BCUT2D eigenvalue weighted by molar-refractivity contribution is 6.08. The van der Waals surface area contributed by atoms with E-state index in [-0.39, 0.29) is 17.1 Å². The van der Waals surface area contributed by atoms with Crippen molar-refractivity contribution in [2.45, 2.75) is 19.3 Å². The molecule has 0 atom stereocenters. The number of rotatable bonds is 4. The molecule has 0 aromatic heterocycles. The van der Waals surface area contributed by atoms with Gasteiger partial charge in [-0.3, -0.25) is 25.7 Å². The lowest BCUT2D eigenvalue weighted by Crippen LogP contribution is -2.37. The number of hydrogen-bond donors (Lipinski definition) is 1. The Morgan fingerprint density at radius 3 is 2.67 bits per heavy atom. The predicted molar refractivity (Wildman–Crippen MR) is 102 cm³/mol. The summed E-state index contributed by atoms with van der Waals surface area (Å²) < 4.78 is 0. The van der Waals surface area contributed by atoms with Gasteiger partial charge in [-0.05, 0) is 24.5 Å². The largest absolute Gasteiger partial charge is 0.370 e. The van der Waals surface area contributed by atoms with Gasteiger partial charge in [0, 0.05) is 36.8 Å². The number of nitro groups is 2. The van der Waals surface area contributed by atoms with Crippen LogP contribution in [-0.2, 0) is 6.42 Å². The fourth-order valence-electron chi connectivity index (χ4n) is 3.69. The van der Waals surface area contributed by atoms with Crippen LogP contribution < -0.4 is 10.3 Å². The Labute approximate surface area is 154 Å². The monoisotopic (exact) mass is 367 g/mol. The van der Waals surface area contributed by atoms with Gasteiger partial charge < -0.3 is 4.90 Å². The van der Waals surface area contributed by atoms with Crippen LogP contribution >= 0.6 is 0 Å². The number of hydrogen-bond acceptors (Lipinski definition) is 7. The molecule has 0 radical (unpaired) electrons. The molecule has 9 heteroatoms. The summed E-state index contributed by atoms with van der Waals surface area (Å²) in [7, 11) is 0. The first kappa shape index (κ1) is 17.0. The van der Waals surface area contributed by atoms with Crippen molar-refractivity contribution >= 4 is 28.5 Å². The number of benzene rings is 2. The maximum absolute atomic E-state index is 11.3. The van der Waals surface area contributed by atoms with Gasteiger partial charge in [-0.25, -0.2) is 0 Å². The summed E-state index contributed by atoms with van der Waals surface area (Å²) in [4.78, 5) is 23.2. The quantitative estimate of drug-likeness (QED) is 0.654. The van der Waals surface area contributed by atoms with E-state index in [9.17, 15) is 20.2 Å². The van der Waals surface area contributed by atoms with Gasteiger partial charge in [0.2, 0.25) is 0 Å². The summed E-state index contributed by atoms with van der Waals surface area (Å²) in [5, 5.41) is 26.5. The molecule has 4 rings (SSSR count). The number of nitrogens with zero attached hydrogens (tertiary/aromatic N) is 4. The van der Waals surface area contributed by atoms with Crippen molar-refractivity contribution in [2.24, 2.45) is 5.10 Å². The molecule has 0 saturated carbocycles. The molecule has 0 spiro atoms. The molecular weight excluding hydrogens is 350 g/mol. The fraction of sp³-hybridized carbons (Fsp3) is 0.278. The molecule has 9 nitrogen and oxygen atoms in total. The Morgan fingerprint density at radius 2 is 1.89 bits per heavy atom. The second kappa shape index (κ2) is 6.67. The van der Waals surface area contributed by atoms with E-state index in [4.69, 9.17) is 0 Å². The van der Waals surface area contributed by atoms with Crippen molar-refractivity contribution in [3.63, 3.8) is 0 Å². The Balaban J connectivity index is 1.68. The van der Waals surface area contributed by atoms with Crippen LogP contribution in [0.5, 0.6) is 0 Å². The summed E-state index contributed by atoms with van der Waals surface area (Å²) in [6.07, 6.45) is 2.90. The van der Waals surface area contributed by atoms with E-state index in [1.54, 1.807) is 0 Å². The highest BCUT2D eigenvalue weighted by Gasteiger charge is 2.27. The zero-order valence-electron chi connectivity index (χ0n) is 14.4. The van der Waals surface area contributed by atoms with E-state index in [2.05, 4.69) is 21.5 Å². The van der Waals surface area contributed by atoms with Gasteiger partial charge in [-0.1, -0.05) is 18.2 Å². The lowest BCUT2D eigenvalue weighted by molar-refractivity contribution is -0.393. The number of anilines is 2. The van der Waals surface area contributed by atoms with Crippen molar-refractivity contribution < 1.29 is 9.85 Å². The maximum Gasteiger partial charge on any atom is 0.301 e. The fourth-order valence-corrected chi connectivity index (χ4v) is 3.69. The first-order chi connectivity index (χ1) is 13.0. The molecule has 0 amide bonds. The van der Waals surface area contributed by atoms with Gasteiger partial charge in [0.05, 0.1) is 21.6 Å². The van der Waals surface area contributed by atoms with Crippen LogP contribution in [0.15, 0.2) is 41.5 Å². The van der Waals surface area contributed by atoms with Crippen LogP contribution in [0.4, 0.5) is 22.7 Å². The Morgan fingerprint density at radius 1 is 1.04 bits per heavy atom. The normalized spacial score (nSPS) is 16.7. The Kier molecular flexibility index (Phi) is 4.19. The zero-order chi connectivity index (χ0) is 19.0. The SMILES string of the molecule is O=[N+]([O-])c1ccc(N/N=C2\CCN3CCCc4cccc2c43)c([N+](=O)[O-])c1. The van der Waals surface area contributed by atoms with Crippen LogP contribution in [0, 0.1) is 20.2 Å². The first-order valence-corrected chi connectivity index (χ1v) is 8.67. The average molecular weight is 367 g/mol. The van der Waals surface area contributed by atoms with E-state index in [1.807, 2.05) is 12.1 Å². The van der Waals surface area contributed by atoms with Crippen LogP contribution in [0.3, 0.4) is 0 Å². The predicted octanol–water partition coefficient (Wildman–Crippen LogP) is 3.48. The number of hydrazone groups is 1. The topological polar surface area (TPSA) is 114 Å². The van der Waals surface area contributed by atoms with Gasteiger partial charge in [-0.2, -0.15) is 5.10 Å². The van der Waals surface area contributed by atoms with Gasteiger partial charge in [0.25, 0.3) is 5.69 Å². The lowest BCUT2D eigenvalue weighted by atomic mass is 9.91. The molecule has 0 unspecified atom stereocenters. The van der Waals surface area contributed by atoms with Crippen molar-refractivity contribution in [2.75, 3.05) is 23.4 Å². The Bertz CT molecular complexity index is 972. The highest BCUT2D eigenvalue weighted by Crippen LogP contribution is 2.35. The molecule has 2 heterocycles. The minimum atomic E-state index is -0.658. The molecule has 2 aromatic rings. The third-order valence-corrected chi connectivity index (χ3v) is 4.94. The molecule has 138 valence electrons. The zero-order valence-corrected chi connectivity index (χ0v) is 14.4. The number of nitrogens with one attached hydrogen (secondary N) is 1. The minimum absolute atomic E-state index is 0.130. The van der Waals surface area contributed by atoms with Crippen LogP contribution in [0.2, 0.25) is 0 Å². The number of para-hydroxylation sites is 1. The number of nitro benzene ring substituents is 2. The van der Waals surface area contributed by atoms with Crippen LogP contribution in [0.1, 0.15) is 24.0 Å². The van der Waals surface area contributed by atoms with Crippen LogP contribution in [0.25, 0.3) is 0 Å². The Hall–Kier alpha value is -3.49. The van der Waals surface area contributed by atoms with Crippen molar-refractivity contribution in [1.29, 1.82) is 0 Å². The van der Waals surface area contributed by atoms with Crippen molar-refractivity contribution in [1.82, 2.24) is 0 Å². The number of non-ortho nitro benzene ring substituents is 1. The second-order valence-electron chi connectivity index (χ2n) is 6.54. The van der Waals surface area contributed by atoms with E-state index in [1.165, 1.54) is 23.4 Å². The molecular formula is C18H17N5O4. The van der Waals surface area contributed by atoms with Crippen molar-refractivity contribution in [3.8, 4) is 0 Å². The molecule has 0 bridgehead atoms. The smallest absolute Gasteiger partial charge is 0.301 e. The first-order valence-electron chi connectivity index (χ1n) is 8.67. The van der Waals surface area contributed by atoms with Crippen LogP contribution in [-0.4, -0.2) is 28.6 Å². The summed E-state index contributed by atoms with van der Waals surface area (Å²) in [5.41, 5.74) is 6.54. The molecule has 0 saturated heterocycles. The number of aryl methyl sites for hydroxylation is 1. The third-order valence-electron chi connectivity index (χ3n) is 4.94. The molecule has 2 aromatic carbocycles. The van der Waals surface area contributed by atoms with Gasteiger partial charge in [0.1, 0.15) is 5.69 Å². The van der Waals surface area contributed by atoms with Gasteiger partial charge in [-0.15, -0.1) is 0 Å². The maximum atomic E-state index is 11.3.